The van der Waals surface area contributed by atoms with Gasteiger partial charge in [0.15, 0.2) is 0 Å². The minimum atomic E-state index is 0.234. The van der Waals surface area contributed by atoms with Gasteiger partial charge in [-0.15, -0.1) is 6.42 Å². The third-order valence-electron chi connectivity index (χ3n) is 3.18. The predicted octanol–water partition coefficient (Wildman–Crippen LogP) is 2.33. The summed E-state index contributed by atoms with van der Waals surface area (Å²) in [5, 5.41) is 3.43. The first-order valence-corrected chi connectivity index (χ1v) is 5.62. The molecule has 1 aliphatic rings. The maximum absolute atomic E-state index is 5.41. The second-order valence-electron chi connectivity index (χ2n) is 4.14. The third kappa shape index (κ3) is 2.06. The summed E-state index contributed by atoms with van der Waals surface area (Å²) in [5.41, 5.74) is 3.00. The molecule has 0 aliphatic heterocycles. The molecule has 0 heterocycles. The number of benzene rings is 1. The summed E-state index contributed by atoms with van der Waals surface area (Å²) < 4.78 is 0. The average molecular weight is 199 g/mol. The fraction of sp³-hybridized carbons (Fsp3) is 0.429. The molecule has 1 aliphatic carbocycles. The second-order valence-corrected chi connectivity index (χ2v) is 4.14. The molecule has 2 unspecified atom stereocenters. The first-order chi connectivity index (χ1) is 7.35. The lowest BCUT2D eigenvalue weighted by Gasteiger charge is -2.31. The molecule has 0 saturated heterocycles. The summed E-state index contributed by atoms with van der Waals surface area (Å²) in [6, 6.07) is 8.90. The van der Waals surface area contributed by atoms with Gasteiger partial charge in [0.05, 0.1) is 6.04 Å². The van der Waals surface area contributed by atoms with Crippen molar-refractivity contribution >= 4 is 0 Å². The van der Waals surface area contributed by atoms with E-state index in [-0.39, 0.29) is 6.04 Å². The second kappa shape index (κ2) is 4.51. The van der Waals surface area contributed by atoms with Crippen LogP contribution in [0.3, 0.4) is 0 Å². The maximum Gasteiger partial charge on any atom is 0.0684 e. The van der Waals surface area contributed by atoms with Crippen LogP contribution in [0.15, 0.2) is 24.3 Å². The van der Waals surface area contributed by atoms with Crippen LogP contribution in [0.4, 0.5) is 0 Å². The lowest BCUT2D eigenvalue weighted by molar-refractivity contribution is 0.501. The predicted molar refractivity (Wildman–Crippen MR) is 63.8 cm³/mol. The highest BCUT2D eigenvalue weighted by Gasteiger charge is 2.25. The van der Waals surface area contributed by atoms with Gasteiger partial charge in [0.1, 0.15) is 0 Å². The van der Waals surface area contributed by atoms with Crippen LogP contribution < -0.4 is 5.32 Å². The van der Waals surface area contributed by atoms with E-state index in [4.69, 9.17) is 6.42 Å². The summed E-state index contributed by atoms with van der Waals surface area (Å²) in [6.45, 7) is 3.13. The molecule has 1 aromatic carbocycles. The number of fused-ring (bicyclic) bond motifs is 1. The third-order valence-corrected chi connectivity index (χ3v) is 3.18. The van der Waals surface area contributed by atoms with Gasteiger partial charge in [0.2, 0.25) is 0 Å². The van der Waals surface area contributed by atoms with Crippen LogP contribution in [0.25, 0.3) is 0 Å². The molecule has 1 heteroatoms. The van der Waals surface area contributed by atoms with E-state index in [2.05, 4.69) is 42.4 Å². The Morgan fingerprint density at radius 2 is 2.33 bits per heavy atom. The summed E-state index contributed by atoms with van der Waals surface area (Å²) in [7, 11) is 0. The zero-order chi connectivity index (χ0) is 10.7. The lowest BCUT2D eigenvalue weighted by atomic mass is 9.77. The molecule has 1 N–H and O–H groups in total. The highest BCUT2D eigenvalue weighted by Crippen LogP contribution is 2.34. The van der Waals surface area contributed by atoms with Gasteiger partial charge in [-0.05, 0) is 24.0 Å². The fourth-order valence-corrected chi connectivity index (χ4v) is 2.15. The Morgan fingerprint density at radius 3 is 3.00 bits per heavy atom. The van der Waals surface area contributed by atoms with Gasteiger partial charge in [-0.25, -0.2) is 0 Å². The standard InChI is InChI=1S/C14H17N/c1-3-13(4-2)15-10-12-9-11-7-5-6-8-14(11)12/h1,5-8,12-13,15H,4,9-10H2,2H3. The van der Waals surface area contributed by atoms with E-state index in [1.165, 1.54) is 17.5 Å². The van der Waals surface area contributed by atoms with Gasteiger partial charge in [-0.1, -0.05) is 37.1 Å². The SMILES string of the molecule is C#CC(CC)NCC1Cc2ccccc21. The Hall–Kier alpha value is -1.26. The summed E-state index contributed by atoms with van der Waals surface area (Å²) in [6.07, 6.45) is 7.61. The molecule has 2 atom stereocenters. The Labute approximate surface area is 91.9 Å². The molecule has 0 fully saturated rings. The monoisotopic (exact) mass is 199 g/mol. The normalized spacial score (nSPS) is 19.9. The van der Waals surface area contributed by atoms with Crippen LogP contribution in [-0.4, -0.2) is 12.6 Å². The number of terminal acetylenes is 1. The minimum absolute atomic E-state index is 0.234. The smallest absolute Gasteiger partial charge is 0.0684 e. The number of nitrogens with one attached hydrogen (secondary N) is 1. The highest BCUT2D eigenvalue weighted by atomic mass is 14.9. The molecule has 1 nitrogen and oxygen atoms in total. The molecule has 0 spiro atoms. The molecule has 1 aromatic rings. The van der Waals surface area contributed by atoms with E-state index in [9.17, 15) is 0 Å². The summed E-state index contributed by atoms with van der Waals surface area (Å²) >= 11 is 0. The largest absolute Gasteiger partial charge is 0.303 e. The number of hydrogen-bond donors (Lipinski definition) is 1. The summed E-state index contributed by atoms with van der Waals surface area (Å²) in [4.78, 5) is 0. The van der Waals surface area contributed by atoms with Crippen molar-refractivity contribution in [2.45, 2.75) is 31.7 Å². The van der Waals surface area contributed by atoms with Gasteiger partial charge < -0.3 is 5.32 Å². The van der Waals surface area contributed by atoms with Crippen molar-refractivity contribution in [1.29, 1.82) is 0 Å². The van der Waals surface area contributed by atoms with Gasteiger partial charge in [-0.2, -0.15) is 0 Å². The Morgan fingerprint density at radius 1 is 1.53 bits per heavy atom. The zero-order valence-electron chi connectivity index (χ0n) is 9.16. The van der Waals surface area contributed by atoms with Gasteiger partial charge in [-0.3, -0.25) is 0 Å². The first-order valence-electron chi connectivity index (χ1n) is 5.62. The van der Waals surface area contributed by atoms with E-state index in [1.807, 2.05) is 0 Å². The van der Waals surface area contributed by atoms with Gasteiger partial charge in [0.25, 0.3) is 0 Å². The van der Waals surface area contributed by atoms with E-state index < -0.39 is 0 Å². The van der Waals surface area contributed by atoms with Crippen molar-refractivity contribution < 1.29 is 0 Å². The van der Waals surface area contributed by atoms with Crippen molar-refractivity contribution in [2.75, 3.05) is 6.54 Å². The first kappa shape index (κ1) is 10.3. The van der Waals surface area contributed by atoms with Crippen LogP contribution >= 0.6 is 0 Å². The molecule has 0 aromatic heterocycles. The summed E-state index contributed by atoms with van der Waals surface area (Å²) in [5.74, 6) is 3.44. The maximum atomic E-state index is 5.41. The quantitative estimate of drug-likeness (QED) is 0.734. The van der Waals surface area contributed by atoms with Crippen molar-refractivity contribution in [3.05, 3.63) is 35.4 Å². The topological polar surface area (TPSA) is 12.0 Å². The fourth-order valence-electron chi connectivity index (χ4n) is 2.15. The van der Waals surface area contributed by atoms with Gasteiger partial charge >= 0.3 is 0 Å². The molecule has 0 amide bonds. The highest BCUT2D eigenvalue weighted by molar-refractivity contribution is 5.40. The number of rotatable bonds is 4. The van der Waals surface area contributed by atoms with E-state index in [0.717, 1.165) is 13.0 Å². The molecule has 78 valence electrons. The van der Waals surface area contributed by atoms with Crippen LogP contribution in [0, 0.1) is 12.3 Å². The average Bonchev–Trinajstić information content (AvgIpc) is 2.25. The molecular weight excluding hydrogens is 182 g/mol. The van der Waals surface area contributed by atoms with E-state index >= 15 is 0 Å². The van der Waals surface area contributed by atoms with Crippen LogP contribution in [0.1, 0.15) is 30.4 Å². The van der Waals surface area contributed by atoms with Crippen LogP contribution in [0.2, 0.25) is 0 Å². The molecule has 2 rings (SSSR count). The van der Waals surface area contributed by atoms with Crippen molar-refractivity contribution in [2.24, 2.45) is 0 Å². The van der Waals surface area contributed by atoms with E-state index in [1.54, 1.807) is 0 Å². The Balaban J connectivity index is 1.88. The van der Waals surface area contributed by atoms with Crippen LogP contribution in [0.5, 0.6) is 0 Å². The Bertz CT molecular complexity index is 375. The van der Waals surface area contributed by atoms with Crippen molar-refractivity contribution in [1.82, 2.24) is 5.32 Å². The number of hydrogen-bond acceptors (Lipinski definition) is 1. The van der Waals surface area contributed by atoms with Crippen LogP contribution in [-0.2, 0) is 6.42 Å². The van der Waals surface area contributed by atoms with Crippen molar-refractivity contribution in [3.63, 3.8) is 0 Å². The zero-order valence-corrected chi connectivity index (χ0v) is 9.16. The molecule has 0 bridgehead atoms. The molecular formula is C14H17N. The van der Waals surface area contributed by atoms with Gasteiger partial charge in [0, 0.05) is 12.5 Å². The van der Waals surface area contributed by atoms with E-state index in [0.29, 0.717) is 5.92 Å². The Kier molecular flexibility index (Phi) is 3.08. The molecule has 0 radical (unpaired) electrons. The molecule has 15 heavy (non-hydrogen) atoms. The molecule has 0 saturated carbocycles. The minimum Gasteiger partial charge on any atom is -0.303 e. The van der Waals surface area contributed by atoms with Crippen molar-refractivity contribution in [3.8, 4) is 12.3 Å². The lowest BCUT2D eigenvalue weighted by Crippen LogP contribution is -2.34.